The van der Waals surface area contributed by atoms with Crippen molar-refractivity contribution in [3.63, 3.8) is 0 Å². The van der Waals surface area contributed by atoms with Crippen molar-refractivity contribution >= 4 is 0 Å². The first-order chi connectivity index (χ1) is 10.9. The largest absolute Gasteiger partial charge is 0.339 e. The van der Waals surface area contributed by atoms with E-state index in [2.05, 4.69) is 30.5 Å². The van der Waals surface area contributed by atoms with Crippen LogP contribution in [0.1, 0.15) is 35.7 Å². The minimum atomic E-state index is 0.479. The Morgan fingerprint density at radius 2 is 2.14 bits per heavy atom. The van der Waals surface area contributed by atoms with Crippen LogP contribution in [0.4, 0.5) is 0 Å². The molecule has 1 N–H and O–H groups in total. The maximum absolute atomic E-state index is 5.29. The normalized spacial score (nSPS) is 14.0. The van der Waals surface area contributed by atoms with E-state index in [1.54, 1.807) is 12.3 Å². The number of rotatable bonds is 4. The van der Waals surface area contributed by atoms with Gasteiger partial charge < -0.3 is 4.52 Å². The van der Waals surface area contributed by atoms with Crippen LogP contribution in [0.25, 0.3) is 11.5 Å². The lowest BCUT2D eigenvalue weighted by Crippen LogP contribution is -2.03. The SMILES string of the molecule is c1cnnc(-c2noc(CCc3n[nH]c4c3CCCC4)n2)c1. The van der Waals surface area contributed by atoms with E-state index in [4.69, 9.17) is 4.52 Å². The topological polar surface area (TPSA) is 93.4 Å². The molecule has 0 aromatic carbocycles. The number of nitrogens with one attached hydrogen (secondary N) is 1. The number of aromatic nitrogens is 6. The predicted octanol–water partition coefficient (Wildman–Crippen LogP) is 1.91. The number of aromatic amines is 1. The summed E-state index contributed by atoms with van der Waals surface area (Å²) < 4.78 is 5.29. The van der Waals surface area contributed by atoms with Gasteiger partial charge in [0.15, 0.2) is 0 Å². The first kappa shape index (κ1) is 13.1. The summed E-state index contributed by atoms with van der Waals surface area (Å²) in [6.45, 7) is 0. The molecule has 0 fully saturated rings. The molecule has 7 heteroatoms. The average Bonchev–Trinajstić information content (AvgIpc) is 3.21. The molecule has 0 atom stereocenters. The number of aryl methyl sites for hydroxylation is 3. The van der Waals surface area contributed by atoms with Gasteiger partial charge >= 0.3 is 0 Å². The van der Waals surface area contributed by atoms with Gasteiger partial charge in [-0.2, -0.15) is 15.2 Å². The second-order valence-electron chi connectivity index (χ2n) is 5.46. The molecule has 1 aliphatic rings. The quantitative estimate of drug-likeness (QED) is 0.790. The molecule has 22 heavy (non-hydrogen) atoms. The highest BCUT2D eigenvalue weighted by Crippen LogP contribution is 2.23. The zero-order valence-corrected chi connectivity index (χ0v) is 12.1. The van der Waals surface area contributed by atoms with Crippen LogP contribution in [0.2, 0.25) is 0 Å². The molecule has 3 aromatic rings. The fourth-order valence-electron chi connectivity index (χ4n) is 2.86. The van der Waals surface area contributed by atoms with E-state index in [0.717, 1.165) is 25.0 Å². The fraction of sp³-hybridized carbons (Fsp3) is 0.400. The molecule has 0 aliphatic heterocycles. The number of hydrogen-bond acceptors (Lipinski definition) is 6. The van der Waals surface area contributed by atoms with Crippen LogP contribution in [0.3, 0.4) is 0 Å². The molecule has 3 heterocycles. The summed E-state index contributed by atoms with van der Waals surface area (Å²) in [6.07, 6.45) is 7.84. The van der Waals surface area contributed by atoms with E-state index in [-0.39, 0.29) is 0 Å². The number of hydrogen-bond donors (Lipinski definition) is 1. The molecule has 7 nitrogen and oxygen atoms in total. The van der Waals surface area contributed by atoms with Crippen molar-refractivity contribution in [3.8, 4) is 11.5 Å². The highest BCUT2D eigenvalue weighted by Gasteiger charge is 2.17. The Hall–Kier alpha value is -2.57. The lowest BCUT2D eigenvalue weighted by Gasteiger charge is -2.10. The van der Waals surface area contributed by atoms with Crippen LogP contribution < -0.4 is 0 Å². The predicted molar refractivity (Wildman–Crippen MR) is 78.0 cm³/mol. The number of fused-ring (bicyclic) bond motifs is 1. The molecule has 0 unspecified atom stereocenters. The van der Waals surface area contributed by atoms with Crippen LogP contribution in [0.5, 0.6) is 0 Å². The van der Waals surface area contributed by atoms with E-state index in [1.807, 2.05) is 6.07 Å². The molecule has 1 aliphatic carbocycles. The van der Waals surface area contributed by atoms with Crippen molar-refractivity contribution in [3.05, 3.63) is 41.2 Å². The van der Waals surface area contributed by atoms with Crippen LogP contribution in [-0.4, -0.2) is 30.5 Å². The lowest BCUT2D eigenvalue weighted by molar-refractivity contribution is 0.378. The number of nitrogens with zero attached hydrogens (tertiary/aromatic N) is 5. The molecule has 0 spiro atoms. The van der Waals surface area contributed by atoms with Crippen molar-refractivity contribution in [2.24, 2.45) is 0 Å². The zero-order chi connectivity index (χ0) is 14.8. The second-order valence-corrected chi connectivity index (χ2v) is 5.46. The lowest BCUT2D eigenvalue weighted by atomic mass is 9.95. The first-order valence-corrected chi connectivity index (χ1v) is 7.56. The van der Waals surface area contributed by atoms with Gasteiger partial charge in [0, 0.05) is 24.7 Å². The van der Waals surface area contributed by atoms with Gasteiger partial charge in [0.1, 0.15) is 5.69 Å². The third-order valence-electron chi connectivity index (χ3n) is 3.99. The van der Waals surface area contributed by atoms with Crippen molar-refractivity contribution in [1.29, 1.82) is 0 Å². The van der Waals surface area contributed by atoms with Crippen molar-refractivity contribution in [2.45, 2.75) is 38.5 Å². The summed E-state index contributed by atoms with van der Waals surface area (Å²) in [5.41, 5.74) is 4.44. The van der Waals surface area contributed by atoms with Gasteiger partial charge in [0.05, 0.1) is 5.69 Å². The zero-order valence-electron chi connectivity index (χ0n) is 12.1. The minimum Gasteiger partial charge on any atom is -0.339 e. The van der Waals surface area contributed by atoms with E-state index >= 15 is 0 Å². The molecule has 0 radical (unpaired) electrons. The maximum Gasteiger partial charge on any atom is 0.227 e. The van der Waals surface area contributed by atoms with Gasteiger partial charge in [-0.05, 0) is 43.4 Å². The summed E-state index contributed by atoms with van der Waals surface area (Å²) >= 11 is 0. The van der Waals surface area contributed by atoms with Crippen molar-refractivity contribution < 1.29 is 4.52 Å². The summed E-state index contributed by atoms with van der Waals surface area (Å²) in [5, 5.41) is 19.4. The Morgan fingerprint density at radius 3 is 3.05 bits per heavy atom. The van der Waals surface area contributed by atoms with E-state index in [0.29, 0.717) is 23.8 Å². The van der Waals surface area contributed by atoms with E-state index in [1.165, 1.54) is 24.1 Å². The van der Waals surface area contributed by atoms with E-state index < -0.39 is 0 Å². The average molecular weight is 296 g/mol. The molecule has 0 saturated carbocycles. The molecule has 0 amide bonds. The Balaban J connectivity index is 1.46. The standard InChI is InChI=1S/C15H16N6O/c1-2-5-11-10(4-1)12(20-19-11)7-8-14-17-15(21-22-14)13-6-3-9-16-18-13/h3,6,9H,1-2,4-5,7-8H2,(H,19,20). The first-order valence-electron chi connectivity index (χ1n) is 7.56. The van der Waals surface area contributed by atoms with Crippen LogP contribution in [0.15, 0.2) is 22.9 Å². The second kappa shape index (κ2) is 5.67. The summed E-state index contributed by atoms with van der Waals surface area (Å²) in [5.74, 6) is 1.08. The molecule has 0 bridgehead atoms. The number of H-pyrrole nitrogens is 1. The molecule has 0 saturated heterocycles. The Labute approximate surface area is 127 Å². The van der Waals surface area contributed by atoms with Gasteiger partial charge in [-0.15, -0.1) is 5.10 Å². The van der Waals surface area contributed by atoms with Crippen LogP contribution in [0, 0.1) is 0 Å². The minimum absolute atomic E-state index is 0.479. The molecule has 4 rings (SSSR count). The Kier molecular flexibility index (Phi) is 3.38. The van der Waals surface area contributed by atoms with Crippen LogP contribution in [-0.2, 0) is 25.7 Å². The monoisotopic (exact) mass is 296 g/mol. The van der Waals surface area contributed by atoms with E-state index in [9.17, 15) is 0 Å². The highest BCUT2D eigenvalue weighted by atomic mass is 16.5. The van der Waals surface area contributed by atoms with Gasteiger partial charge in [-0.25, -0.2) is 0 Å². The molecule has 3 aromatic heterocycles. The fourth-order valence-corrected chi connectivity index (χ4v) is 2.86. The summed E-state index contributed by atoms with van der Waals surface area (Å²) in [6, 6.07) is 3.61. The molecular weight excluding hydrogens is 280 g/mol. The smallest absolute Gasteiger partial charge is 0.227 e. The van der Waals surface area contributed by atoms with Crippen LogP contribution >= 0.6 is 0 Å². The van der Waals surface area contributed by atoms with Gasteiger partial charge in [-0.3, -0.25) is 5.10 Å². The van der Waals surface area contributed by atoms with Gasteiger partial charge in [-0.1, -0.05) is 5.16 Å². The maximum atomic E-state index is 5.29. The Morgan fingerprint density at radius 1 is 1.18 bits per heavy atom. The van der Waals surface area contributed by atoms with Crippen molar-refractivity contribution in [1.82, 2.24) is 30.5 Å². The summed E-state index contributed by atoms with van der Waals surface area (Å²) in [4.78, 5) is 4.37. The Bertz CT molecular complexity index is 763. The molecular formula is C15H16N6O. The third kappa shape index (κ3) is 2.49. The highest BCUT2D eigenvalue weighted by molar-refractivity contribution is 5.46. The van der Waals surface area contributed by atoms with Crippen molar-refractivity contribution in [2.75, 3.05) is 0 Å². The van der Waals surface area contributed by atoms with Gasteiger partial charge in [0.25, 0.3) is 0 Å². The third-order valence-corrected chi connectivity index (χ3v) is 3.99. The van der Waals surface area contributed by atoms with Gasteiger partial charge in [0.2, 0.25) is 11.7 Å². The molecule has 112 valence electrons. The summed E-state index contributed by atoms with van der Waals surface area (Å²) in [7, 11) is 0.